The first-order valence-electron chi connectivity index (χ1n) is 10.6. The Labute approximate surface area is 206 Å². The van der Waals surface area contributed by atoms with E-state index in [2.05, 4.69) is 5.32 Å². The number of carbonyl (C=O) groups excluding carboxylic acids is 1. The van der Waals surface area contributed by atoms with Crippen molar-refractivity contribution in [3.63, 3.8) is 0 Å². The average Bonchev–Trinajstić information content (AvgIpc) is 2.84. The number of morpholine rings is 1. The smallest absolute Gasteiger partial charge is 0.243 e. The standard InChI is InChI=1S/C24H21ClF2N2O5S/c25-20-2-1-3-21(27)19(20)15-24(30)28-22-14-18(35(31,32)29-10-12-33-13-11-29)8-9-23(22)34-17-6-4-16(26)5-7-17/h1-9,14H,10-13,15H2,(H,28,30). The van der Waals surface area contributed by atoms with Gasteiger partial charge in [-0.2, -0.15) is 4.31 Å². The molecule has 35 heavy (non-hydrogen) atoms. The third-order valence-corrected chi connectivity index (χ3v) is 7.52. The summed E-state index contributed by atoms with van der Waals surface area (Å²) in [6.45, 7) is 0.948. The van der Waals surface area contributed by atoms with Crippen LogP contribution in [0, 0.1) is 11.6 Å². The fraction of sp³-hybridized carbons (Fsp3) is 0.208. The second-order valence-corrected chi connectivity index (χ2v) is 10.0. The van der Waals surface area contributed by atoms with E-state index in [9.17, 15) is 22.0 Å². The normalized spacial score (nSPS) is 14.5. The third kappa shape index (κ3) is 5.96. The molecule has 1 N–H and O–H groups in total. The highest BCUT2D eigenvalue weighted by molar-refractivity contribution is 7.89. The Hall–Kier alpha value is -3.05. The summed E-state index contributed by atoms with van der Waals surface area (Å²) < 4.78 is 66.0. The topological polar surface area (TPSA) is 84.9 Å². The second kappa shape index (κ2) is 10.7. The highest BCUT2D eigenvalue weighted by atomic mass is 35.5. The fourth-order valence-corrected chi connectivity index (χ4v) is 5.14. The van der Waals surface area contributed by atoms with E-state index in [1.54, 1.807) is 0 Å². The molecule has 1 aliphatic rings. The van der Waals surface area contributed by atoms with Gasteiger partial charge in [-0.25, -0.2) is 17.2 Å². The summed E-state index contributed by atoms with van der Waals surface area (Å²) in [5.74, 6) is -1.35. The molecule has 0 spiro atoms. The molecule has 184 valence electrons. The van der Waals surface area contributed by atoms with Gasteiger partial charge in [0.05, 0.1) is 30.2 Å². The van der Waals surface area contributed by atoms with Gasteiger partial charge in [0.15, 0.2) is 5.75 Å². The van der Waals surface area contributed by atoms with Gasteiger partial charge in [0.2, 0.25) is 15.9 Å². The fourth-order valence-electron chi connectivity index (χ4n) is 3.48. The lowest BCUT2D eigenvalue weighted by Gasteiger charge is -2.26. The number of halogens is 3. The van der Waals surface area contributed by atoms with Gasteiger partial charge in [0, 0.05) is 23.7 Å². The van der Waals surface area contributed by atoms with Crippen molar-refractivity contribution >= 4 is 33.2 Å². The van der Waals surface area contributed by atoms with Crippen molar-refractivity contribution < 1.29 is 31.5 Å². The Bertz CT molecular complexity index is 1310. The second-order valence-electron chi connectivity index (χ2n) is 7.66. The van der Waals surface area contributed by atoms with Crippen molar-refractivity contribution in [1.29, 1.82) is 0 Å². The monoisotopic (exact) mass is 522 g/mol. The van der Waals surface area contributed by atoms with E-state index in [1.807, 2.05) is 0 Å². The van der Waals surface area contributed by atoms with Crippen LogP contribution in [0.1, 0.15) is 5.56 Å². The quantitative estimate of drug-likeness (QED) is 0.490. The Balaban J connectivity index is 1.65. The van der Waals surface area contributed by atoms with Crippen molar-refractivity contribution in [1.82, 2.24) is 4.31 Å². The lowest BCUT2D eigenvalue weighted by Crippen LogP contribution is -2.40. The summed E-state index contributed by atoms with van der Waals surface area (Å²) in [5.41, 5.74) is 0.0471. The number of anilines is 1. The molecule has 0 radical (unpaired) electrons. The number of nitrogens with zero attached hydrogens (tertiary/aromatic N) is 1. The van der Waals surface area contributed by atoms with Gasteiger partial charge in [0.1, 0.15) is 17.4 Å². The number of sulfonamides is 1. The van der Waals surface area contributed by atoms with E-state index in [4.69, 9.17) is 21.1 Å². The van der Waals surface area contributed by atoms with Crippen LogP contribution in [0.25, 0.3) is 0 Å². The summed E-state index contributed by atoms with van der Waals surface area (Å²) in [7, 11) is -3.87. The first kappa shape index (κ1) is 25.1. The maximum atomic E-state index is 14.2. The molecule has 0 aliphatic carbocycles. The van der Waals surface area contributed by atoms with E-state index in [1.165, 1.54) is 65.0 Å². The zero-order chi connectivity index (χ0) is 25.0. The molecule has 0 unspecified atom stereocenters. The van der Waals surface area contributed by atoms with Crippen LogP contribution in [-0.4, -0.2) is 44.9 Å². The number of nitrogens with one attached hydrogen (secondary N) is 1. The Morgan fingerprint density at radius 1 is 1.06 bits per heavy atom. The predicted molar refractivity (Wildman–Crippen MR) is 126 cm³/mol. The molecule has 1 aliphatic heterocycles. The van der Waals surface area contributed by atoms with Crippen molar-refractivity contribution in [3.8, 4) is 11.5 Å². The molecule has 1 fully saturated rings. The first-order chi connectivity index (χ1) is 16.7. The average molecular weight is 523 g/mol. The van der Waals surface area contributed by atoms with Crippen LogP contribution in [0.5, 0.6) is 11.5 Å². The highest BCUT2D eigenvalue weighted by Gasteiger charge is 2.27. The van der Waals surface area contributed by atoms with Gasteiger partial charge in [-0.15, -0.1) is 0 Å². The summed E-state index contributed by atoms with van der Waals surface area (Å²) in [4.78, 5) is 12.7. The molecule has 11 heteroatoms. The summed E-state index contributed by atoms with van der Waals surface area (Å²) >= 11 is 6.03. The van der Waals surface area contributed by atoms with E-state index in [0.717, 1.165) is 0 Å². The molecule has 0 saturated carbocycles. The van der Waals surface area contributed by atoms with Gasteiger partial charge in [-0.05, 0) is 54.6 Å². The molecule has 3 aromatic carbocycles. The molecular weight excluding hydrogens is 502 g/mol. The van der Waals surface area contributed by atoms with Gasteiger partial charge in [-0.3, -0.25) is 4.79 Å². The van der Waals surface area contributed by atoms with Crippen LogP contribution in [-0.2, 0) is 26.0 Å². The zero-order valence-electron chi connectivity index (χ0n) is 18.3. The number of ether oxygens (including phenoxy) is 2. The molecule has 0 atom stereocenters. The van der Waals surface area contributed by atoms with Crippen molar-refractivity contribution in [2.45, 2.75) is 11.3 Å². The number of hydrogen-bond acceptors (Lipinski definition) is 5. The number of amides is 1. The zero-order valence-corrected chi connectivity index (χ0v) is 19.9. The Morgan fingerprint density at radius 2 is 1.77 bits per heavy atom. The molecule has 1 saturated heterocycles. The molecule has 0 aromatic heterocycles. The predicted octanol–water partition coefficient (Wildman–Crippen LogP) is 4.61. The molecule has 0 bridgehead atoms. The lowest BCUT2D eigenvalue weighted by molar-refractivity contribution is -0.115. The van der Waals surface area contributed by atoms with Gasteiger partial charge < -0.3 is 14.8 Å². The highest BCUT2D eigenvalue weighted by Crippen LogP contribution is 2.33. The molecular formula is C24H21ClF2N2O5S. The summed E-state index contributed by atoms with van der Waals surface area (Å²) in [6.07, 6.45) is -0.387. The summed E-state index contributed by atoms with van der Waals surface area (Å²) in [6, 6.07) is 13.3. The maximum absolute atomic E-state index is 14.2. The number of benzene rings is 3. The summed E-state index contributed by atoms with van der Waals surface area (Å²) in [5, 5.41) is 2.68. The Kier molecular flexibility index (Phi) is 7.66. The first-order valence-corrected chi connectivity index (χ1v) is 12.4. The van der Waals surface area contributed by atoms with Crippen LogP contribution >= 0.6 is 11.6 Å². The number of rotatable bonds is 7. The minimum atomic E-state index is -3.87. The van der Waals surface area contributed by atoms with Crippen LogP contribution in [0.4, 0.5) is 14.5 Å². The van der Waals surface area contributed by atoms with E-state index in [0.29, 0.717) is 0 Å². The van der Waals surface area contributed by atoms with Crippen molar-refractivity contribution in [2.75, 3.05) is 31.6 Å². The Morgan fingerprint density at radius 3 is 2.46 bits per heavy atom. The molecule has 3 aromatic rings. The third-order valence-electron chi connectivity index (χ3n) is 5.27. The van der Waals surface area contributed by atoms with Crippen molar-refractivity contribution in [2.24, 2.45) is 0 Å². The largest absolute Gasteiger partial charge is 0.455 e. The van der Waals surface area contributed by atoms with Gasteiger partial charge in [0.25, 0.3) is 0 Å². The minimum absolute atomic E-state index is 0.00441. The SMILES string of the molecule is O=C(Cc1c(F)cccc1Cl)Nc1cc(S(=O)(=O)N2CCOCC2)ccc1Oc1ccc(F)cc1. The maximum Gasteiger partial charge on any atom is 0.243 e. The minimum Gasteiger partial charge on any atom is -0.455 e. The lowest BCUT2D eigenvalue weighted by atomic mass is 10.1. The molecule has 1 amide bonds. The van der Waals surface area contributed by atoms with E-state index < -0.39 is 27.6 Å². The molecule has 4 rings (SSSR count). The number of carbonyl (C=O) groups is 1. The van der Waals surface area contributed by atoms with Crippen LogP contribution < -0.4 is 10.1 Å². The van der Waals surface area contributed by atoms with Crippen LogP contribution in [0.15, 0.2) is 65.6 Å². The van der Waals surface area contributed by atoms with Gasteiger partial charge in [-0.1, -0.05) is 17.7 Å². The van der Waals surface area contributed by atoms with Crippen LogP contribution in [0.2, 0.25) is 5.02 Å². The molecule has 7 nitrogen and oxygen atoms in total. The van der Waals surface area contributed by atoms with E-state index >= 15 is 0 Å². The van der Waals surface area contributed by atoms with Crippen LogP contribution in [0.3, 0.4) is 0 Å². The number of hydrogen-bond donors (Lipinski definition) is 1. The van der Waals surface area contributed by atoms with E-state index in [-0.39, 0.29) is 65.4 Å². The van der Waals surface area contributed by atoms with Crippen molar-refractivity contribution in [3.05, 3.63) is 82.9 Å². The molecule has 1 heterocycles. The van der Waals surface area contributed by atoms with Gasteiger partial charge >= 0.3 is 0 Å².